The van der Waals surface area contributed by atoms with Gasteiger partial charge in [-0.05, 0) is 13.8 Å². The number of hydrogen-bond donors (Lipinski definition) is 1. The third-order valence-corrected chi connectivity index (χ3v) is 0.636. The van der Waals surface area contributed by atoms with Gasteiger partial charge in [0.25, 0.3) is 0 Å². The van der Waals surface area contributed by atoms with Crippen LogP contribution in [0.5, 0.6) is 0 Å². The fourth-order valence-electron chi connectivity index (χ4n) is 0. The van der Waals surface area contributed by atoms with Crippen LogP contribution in [0.1, 0.15) is 27.2 Å². The minimum absolute atomic E-state index is 0.222. The van der Waals surface area contributed by atoms with E-state index in [1.54, 1.807) is 6.92 Å². The van der Waals surface area contributed by atoms with Gasteiger partial charge < -0.3 is 5.11 Å². The SMILES string of the molecule is CC=CC.CCC(=O)O. The average Bonchev–Trinajstić information content (AvgIpc) is 1.89. The summed E-state index contributed by atoms with van der Waals surface area (Å²) in [5.41, 5.74) is 0. The zero-order valence-corrected chi connectivity index (χ0v) is 6.22. The largest absolute Gasteiger partial charge is 0.481 e. The van der Waals surface area contributed by atoms with Gasteiger partial charge in [0.05, 0.1) is 0 Å². The van der Waals surface area contributed by atoms with Gasteiger partial charge in [0.15, 0.2) is 0 Å². The number of hydrogen-bond acceptors (Lipinski definition) is 1. The molecule has 0 fully saturated rings. The Kier molecular flexibility index (Phi) is 12.6. The highest BCUT2D eigenvalue weighted by molar-refractivity contribution is 5.66. The molecule has 0 aliphatic carbocycles. The highest BCUT2D eigenvalue weighted by Crippen LogP contribution is 1.67. The summed E-state index contributed by atoms with van der Waals surface area (Å²) in [6.45, 7) is 5.60. The molecule has 0 bridgehead atoms. The van der Waals surface area contributed by atoms with E-state index in [4.69, 9.17) is 5.11 Å². The monoisotopic (exact) mass is 130 g/mol. The molecule has 0 radical (unpaired) electrons. The molecule has 54 valence electrons. The first-order valence-corrected chi connectivity index (χ1v) is 2.98. The standard InChI is InChI=1S/C4H8.C3H6O2/c1-3-4-2;1-2-3(4)5/h3-4H,1-2H3;2H2,1H3,(H,4,5). The number of carboxylic acid groups (broad SMARTS) is 1. The highest BCUT2D eigenvalue weighted by atomic mass is 16.4. The zero-order chi connectivity index (χ0) is 7.70. The number of carbonyl (C=O) groups is 1. The minimum atomic E-state index is -0.745. The second kappa shape index (κ2) is 10.2. The first-order valence-electron chi connectivity index (χ1n) is 2.98. The lowest BCUT2D eigenvalue weighted by Gasteiger charge is -1.71. The molecular weight excluding hydrogens is 116 g/mol. The van der Waals surface area contributed by atoms with Crippen LogP contribution < -0.4 is 0 Å². The van der Waals surface area contributed by atoms with Crippen molar-refractivity contribution in [3.05, 3.63) is 12.2 Å². The molecule has 0 aliphatic heterocycles. The van der Waals surface area contributed by atoms with E-state index < -0.39 is 5.97 Å². The van der Waals surface area contributed by atoms with E-state index in [1.807, 2.05) is 26.0 Å². The summed E-state index contributed by atoms with van der Waals surface area (Å²) < 4.78 is 0. The maximum Gasteiger partial charge on any atom is 0.303 e. The van der Waals surface area contributed by atoms with Crippen molar-refractivity contribution in [2.45, 2.75) is 27.2 Å². The van der Waals surface area contributed by atoms with E-state index in [1.165, 1.54) is 0 Å². The molecule has 0 heterocycles. The quantitative estimate of drug-likeness (QED) is 0.551. The number of allylic oxidation sites excluding steroid dienone is 2. The summed E-state index contributed by atoms with van der Waals surface area (Å²) >= 11 is 0. The predicted molar refractivity (Wildman–Crippen MR) is 38.4 cm³/mol. The van der Waals surface area contributed by atoms with Gasteiger partial charge >= 0.3 is 5.97 Å². The lowest BCUT2D eigenvalue weighted by atomic mass is 10.5. The van der Waals surface area contributed by atoms with Gasteiger partial charge in [-0.15, -0.1) is 0 Å². The Balaban J connectivity index is 0. The van der Waals surface area contributed by atoms with Crippen LogP contribution in [0, 0.1) is 0 Å². The molecule has 0 saturated heterocycles. The minimum Gasteiger partial charge on any atom is -0.481 e. The molecule has 0 saturated carbocycles. The third kappa shape index (κ3) is 40.1. The van der Waals surface area contributed by atoms with E-state index in [-0.39, 0.29) is 6.42 Å². The Labute approximate surface area is 56.2 Å². The molecule has 0 aromatic carbocycles. The van der Waals surface area contributed by atoms with Crippen LogP contribution in [0.25, 0.3) is 0 Å². The Morgan fingerprint density at radius 1 is 1.44 bits per heavy atom. The normalized spacial score (nSPS) is 8.33. The van der Waals surface area contributed by atoms with E-state index in [9.17, 15) is 4.79 Å². The van der Waals surface area contributed by atoms with E-state index in [0.29, 0.717) is 0 Å². The summed E-state index contributed by atoms with van der Waals surface area (Å²) in [5.74, 6) is -0.745. The van der Waals surface area contributed by atoms with Crippen molar-refractivity contribution in [3.8, 4) is 0 Å². The van der Waals surface area contributed by atoms with Gasteiger partial charge in [0.1, 0.15) is 0 Å². The van der Waals surface area contributed by atoms with Gasteiger partial charge in [0, 0.05) is 6.42 Å². The van der Waals surface area contributed by atoms with Crippen molar-refractivity contribution in [1.29, 1.82) is 0 Å². The Morgan fingerprint density at radius 2 is 1.67 bits per heavy atom. The molecule has 0 aromatic heterocycles. The molecule has 9 heavy (non-hydrogen) atoms. The molecule has 0 aromatic rings. The topological polar surface area (TPSA) is 37.3 Å². The molecular formula is C7H14O2. The van der Waals surface area contributed by atoms with Crippen molar-refractivity contribution in [1.82, 2.24) is 0 Å². The third-order valence-electron chi connectivity index (χ3n) is 0.636. The maximum atomic E-state index is 9.37. The Bertz CT molecular complexity index is 80.9. The molecule has 0 amide bonds. The Hall–Kier alpha value is -0.790. The zero-order valence-electron chi connectivity index (χ0n) is 6.22. The molecule has 1 N–H and O–H groups in total. The fraction of sp³-hybridized carbons (Fsp3) is 0.571. The first-order chi connectivity index (χ1) is 4.18. The summed E-state index contributed by atoms with van der Waals surface area (Å²) in [6.07, 6.45) is 4.22. The lowest BCUT2D eigenvalue weighted by molar-refractivity contribution is -0.136. The molecule has 2 heteroatoms. The van der Waals surface area contributed by atoms with Crippen LogP contribution >= 0.6 is 0 Å². The van der Waals surface area contributed by atoms with Crippen molar-refractivity contribution in [2.24, 2.45) is 0 Å². The Morgan fingerprint density at radius 3 is 1.67 bits per heavy atom. The van der Waals surface area contributed by atoms with Gasteiger partial charge in [-0.2, -0.15) is 0 Å². The first kappa shape index (κ1) is 11.1. The summed E-state index contributed by atoms with van der Waals surface area (Å²) in [4.78, 5) is 9.37. The van der Waals surface area contributed by atoms with Crippen molar-refractivity contribution >= 4 is 5.97 Å². The van der Waals surface area contributed by atoms with E-state index >= 15 is 0 Å². The molecule has 2 nitrogen and oxygen atoms in total. The van der Waals surface area contributed by atoms with E-state index in [0.717, 1.165) is 0 Å². The number of carboxylic acids is 1. The molecule has 0 aliphatic rings. The lowest BCUT2D eigenvalue weighted by Crippen LogP contribution is -1.86. The second-order valence-electron chi connectivity index (χ2n) is 1.41. The van der Waals surface area contributed by atoms with Gasteiger partial charge in [-0.1, -0.05) is 19.1 Å². The van der Waals surface area contributed by atoms with E-state index in [2.05, 4.69) is 0 Å². The van der Waals surface area contributed by atoms with Crippen molar-refractivity contribution in [2.75, 3.05) is 0 Å². The summed E-state index contributed by atoms with van der Waals surface area (Å²) in [6, 6.07) is 0. The van der Waals surface area contributed by atoms with Gasteiger partial charge in [0.2, 0.25) is 0 Å². The smallest absolute Gasteiger partial charge is 0.303 e. The summed E-state index contributed by atoms with van der Waals surface area (Å²) in [7, 11) is 0. The van der Waals surface area contributed by atoms with Crippen LogP contribution in [0.15, 0.2) is 12.2 Å². The number of aliphatic carboxylic acids is 1. The highest BCUT2D eigenvalue weighted by Gasteiger charge is 1.80. The average molecular weight is 130 g/mol. The fourth-order valence-corrected chi connectivity index (χ4v) is 0. The van der Waals surface area contributed by atoms with Crippen molar-refractivity contribution < 1.29 is 9.90 Å². The predicted octanol–water partition coefficient (Wildman–Crippen LogP) is 2.06. The summed E-state index contributed by atoms with van der Waals surface area (Å²) in [5, 5.41) is 7.72. The van der Waals surface area contributed by atoms with Crippen LogP contribution in [0.2, 0.25) is 0 Å². The second-order valence-corrected chi connectivity index (χ2v) is 1.41. The van der Waals surface area contributed by atoms with Gasteiger partial charge in [-0.25, -0.2) is 0 Å². The van der Waals surface area contributed by atoms with Crippen molar-refractivity contribution in [3.63, 3.8) is 0 Å². The van der Waals surface area contributed by atoms with Crippen LogP contribution in [-0.2, 0) is 4.79 Å². The number of rotatable bonds is 1. The van der Waals surface area contributed by atoms with Gasteiger partial charge in [-0.3, -0.25) is 4.79 Å². The molecule has 0 rings (SSSR count). The van der Waals surface area contributed by atoms with Crippen LogP contribution in [0.4, 0.5) is 0 Å². The molecule has 0 atom stereocenters. The molecule has 0 unspecified atom stereocenters. The van der Waals surface area contributed by atoms with Crippen LogP contribution in [-0.4, -0.2) is 11.1 Å². The molecule has 0 spiro atoms. The van der Waals surface area contributed by atoms with Crippen LogP contribution in [0.3, 0.4) is 0 Å². The maximum absolute atomic E-state index is 9.37.